The van der Waals surface area contributed by atoms with E-state index in [1.807, 2.05) is 0 Å². The fourth-order valence-corrected chi connectivity index (χ4v) is 3.90. The number of halogens is 2. The van der Waals surface area contributed by atoms with E-state index >= 15 is 0 Å². The fraction of sp³-hybridized carbons (Fsp3) is 0.500. The van der Waals surface area contributed by atoms with Crippen LogP contribution in [0.25, 0.3) is 0 Å². The minimum atomic E-state index is 0.937. The smallest absolute Gasteiger partial charge is 0.0466 e. The third-order valence-electron chi connectivity index (χ3n) is 4.83. The summed E-state index contributed by atoms with van der Waals surface area (Å²) in [5, 5.41) is 0. The highest BCUT2D eigenvalue weighted by atomic mass is 127. The average molecular weight is 590 g/mol. The standard InChI is InChI=1S/C24H32I2O/c25-23-15-11-21(12-16-23)9-5-1-3-7-19-27-20-8-4-2-6-10-22-13-17-24(26)18-14-22/h11-18H,1-10,19-20H2. The first kappa shape index (κ1) is 23.1. The molecule has 0 aliphatic carbocycles. The average Bonchev–Trinajstić information content (AvgIpc) is 2.68. The monoisotopic (exact) mass is 590 g/mol. The van der Waals surface area contributed by atoms with Gasteiger partial charge >= 0.3 is 0 Å². The highest BCUT2D eigenvalue weighted by molar-refractivity contribution is 14.1. The highest BCUT2D eigenvalue weighted by Crippen LogP contribution is 2.12. The molecule has 27 heavy (non-hydrogen) atoms. The van der Waals surface area contributed by atoms with Crippen LogP contribution in [0.4, 0.5) is 0 Å². The molecule has 0 fully saturated rings. The number of hydrogen-bond acceptors (Lipinski definition) is 1. The molecule has 3 heteroatoms. The number of benzene rings is 2. The Kier molecular flexibility index (Phi) is 12.7. The van der Waals surface area contributed by atoms with Gasteiger partial charge in [-0.05, 0) is 119 Å². The molecule has 0 amide bonds. The van der Waals surface area contributed by atoms with Gasteiger partial charge in [-0.3, -0.25) is 0 Å². The van der Waals surface area contributed by atoms with Gasteiger partial charge in [0, 0.05) is 20.4 Å². The second kappa shape index (κ2) is 14.8. The Labute approximate surface area is 193 Å². The maximum atomic E-state index is 5.79. The van der Waals surface area contributed by atoms with Crippen LogP contribution in [-0.2, 0) is 17.6 Å². The van der Waals surface area contributed by atoms with Crippen molar-refractivity contribution in [1.82, 2.24) is 0 Å². The molecule has 2 rings (SSSR count). The third-order valence-corrected chi connectivity index (χ3v) is 6.27. The Morgan fingerprint density at radius 1 is 0.481 bits per heavy atom. The summed E-state index contributed by atoms with van der Waals surface area (Å²) in [6, 6.07) is 17.8. The molecule has 0 heterocycles. The van der Waals surface area contributed by atoms with E-state index in [1.165, 1.54) is 82.5 Å². The molecule has 0 radical (unpaired) electrons. The normalized spacial score (nSPS) is 11.0. The Bertz CT molecular complexity index is 552. The number of ether oxygens (including phenoxy) is 1. The van der Waals surface area contributed by atoms with Crippen molar-refractivity contribution in [1.29, 1.82) is 0 Å². The van der Waals surface area contributed by atoms with Crippen molar-refractivity contribution >= 4 is 45.2 Å². The minimum Gasteiger partial charge on any atom is -0.381 e. The molecule has 0 saturated heterocycles. The molecule has 0 spiro atoms. The third kappa shape index (κ3) is 11.4. The maximum absolute atomic E-state index is 5.79. The van der Waals surface area contributed by atoms with Crippen LogP contribution < -0.4 is 0 Å². The van der Waals surface area contributed by atoms with E-state index in [-0.39, 0.29) is 0 Å². The Morgan fingerprint density at radius 3 is 1.26 bits per heavy atom. The van der Waals surface area contributed by atoms with Crippen LogP contribution >= 0.6 is 45.2 Å². The van der Waals surface area contributed by atoms with Gasteiger partial charge in [-0.15, -0.1) is 0 Å². The van der Waals surface area contributed by atoms with Gasteiger partial charge in [0.1, 0.15) is 0 Å². The highest BCUT2D eigenvalue weighted by Gasteiger charge is 1.97. The molecule has 1 nitrogen and oxygen atoms in total. The first-order chi connectivity index (χ1) is 13.2. The number of aryl methyl sites for hydroxylation is 2. The Hall–Kier alpha value is -0.140. The lowest BCUT2D eigenvalue weighted by atomic mass is 10.1. The zero-order valence-electron chi connectivity index (χ0n) is 16.3. The SMILES string of the molecule is Ic1ccc(CCCCCCOCCCCCCc2ccc(I)cc2)cc1. The second-order valence-corrected chi connectivity index (χ2v) is 9.68. The van der Waals surface area contributed by atoms with Crippen LogP contribution in [0.5, 0.6) is 0 Å². The van der Waals surface area contributed by atoms with Gasteiger partial charge in [-0.25, -0.2) is 0 Å². The molecule has 0 aromatic heterocycles. The van der Waals surface area contributed by atoms with Crippen LogP contribution in [0.3, 0.4) is 0 Å². The number of hydrogen-bond donors (Lipinski definition) is 0. The van der Waals surface area contributed by atoms with Crippen molar-refractivity contribution in [2.45, 2.75) is 64.2 Å². The first-order valence-electron chi connectivity index (χ1n) is 10.3. The summed E-state index contributed by atoms with van der Waals surface area (Å²) < 4.78 is 8.43. The summed E-state index contributed by atoms with van der Waals surface area (Å²) in [6.07, 6.45) is 12.6. The quantitative estimate of drug-likeness (QED) is 0.161. The molecule has 0 unspecified atom stereocenters. The predicted molar refractivity (Wildman–Crippen MR) is 133 cm³/mol. The van der Waals surface area contributed by atoms with Crippen molar-refractivity contribution in [3.63, 3.8) is 0 Å². The van der Waals surface area contributed by atoms with Crippen molar-refractivity contribution < 1.29 is 4.74 Å². The summed E-state index contributed by atoms with van der Waals surface area (Å²) in [5.41, 5.74) is 2.93. The lowest BCUT2D eigenvalue weighted by Crippen LogP contribution is -1.97. The van der Waals surface area contributed by atoms with E-state index in [0.29, 0.717) is 0 Å². The van der Waals surface area contributed by atoms with Gasteiger partial charge in [0.2, 0.25) is 0 Å². The van der Waals surface area contributed by atoms with Gasteiger partial charge in [-0.2, -0.15) is 0 Å². The topological polar surface area (TPSA) is 9.23 Å². The van der Waals surface area contributed by atoms with Gasteiger partial charge in [0.25, 0.3) is 0 Å². The first-order valence-corrected chi connectivity index (χ1v) is 12.5. The van der Waals surface area contributed by atoms with Gasteiger partial charge in [0.05, 0.1) is 0 Å². The summed E-state index contributed by atoms with van der Waals surface area (Å²) in [4.78, 5) is 0. The molecule has 2 aromatic rings. The number of rotatable bonds is 14. The maximum Gasteiger partial charge on any atom is 0.0466 e. The van der Waals surface area contributed by atoms with Crippen LogP contribution in [0.15, 0.2) is 48.5 Å². The largest absolute Gasteiger partial charge is 0.381 e. The van der Waals surface area contributed by atoms with Crippen molar-refractivity contribution in [2.75, 3.05) is 13.2 Å². The lowest BCUT2D eigenvalue weighted by Gasteiger charge is -2.05. The summed E-state index contributed by atoms with van der Waals surface area (Å²) >= 11 is 4.72. The van der Waals surface area contributed by atoms with E-state index in [0.717, 1.165) is 13.2 Å². The molecular weight excluding hydrogens is 558 g/mol. The Morgan fingerprint density at radius 2 is 0.852 bits per heavy atom. The van der Waals surface area contributed by atoms with Crippen LogP contribution in [-0.4, -0.2) is 13.2 Å². The number of unbranched alkanes of at least 4 members (excludes halogenated alkanes) is 6. The minimum absolute atomic E-state index is 0.937. The van der Waals surface area contributed by atoms with Crippen molar-refractivity contribution in [2.24, 2.45) is 0 Å². The Balaban J connectivity index is 1.32. The zero-order chi connectivity index (χ0) is 19.2. The zero-order valence-corrected chi connectivity index (χ0v) is 20.6. The van der Waals surface area contributed by atoms with Crippen LogP contribution in [0.2, 0.25) is 0 Å². The molecule has 0 aliphatic heterocycles. The van der Waals surface area contributed by atoms with Crippen LogP contribution in [0.1, 0.15) is 62.5 Å². The molecule has 0 bridgehead atoms. The van der Waals surface area contributed by atoms with E-state index in [1.54, 1.807) is 0 Å². The summed E-state index contributed by atoms with van der Waals surface area (Å²) in [7, 11) is 0. The molecule has 0 aliphatic rings. The van der Waals surface area contributed by atoms with E-state index in [2.05, 4.69) is 93.7 Å². The fourth-order valence-electron chi connectivity index (χ4n) is 3.18. The van der Waals surface area contributed by atoms with E-state index < -0.39 is 0 Å². The van der Waals surface area contributed by atoms with Gasteiger partial charge in [-0.1, -0.05) is 49.9 Å². The molecular formula is C24H32I2O. The van der Waals surface area contributed by atoms with Gasteiger partial charge in [0.15, 0.2) is 0 Å². The molecule has 0 N–H and O–H groups in total. The second-order valence-electron chi connectivity index (χ2n) is 7.19. The molecule has 0 atom stereocenters. The van der Waals surface area contributed by atoms with Crippen molar-refractivity contribution in [3.05, 3.63) is 66.8 Å². The molecule has 0 saturated carbocycles. The molecule has 2 aromatic carbocycles. The predicted octanol–water partition coefficient (Wildman–Crippen LogP) is 7.82. The summed E-state index contributed by atoms with van der Waals surface area (Å²) in [6.45, 7) is 1.87. The lowest BCUT2D eigenvalue weighted by molar-refractivity contribution is 0.125. The van der Waals surface area contributed by atoms with E-state index in [9.17, 15) is 0 Å². The van der Waals surface area contributed by atoms with Gasteiger partial charge < -0.3 is 4.74 Å². The van der Waals surface area contributed by atoms with E-state index in [4.69, 9.17) is 4.74 Å². The summed E-state index contributed by atoms with van der Waals surface area (Å²) in [5.74, 6) is 0. The molecule has 148 valence electrons. The van der Waals surface area contributed by atoms with Crippen molar-refractivity contribution in [3.8, 4) is 0 Å². The van der Waals surface area contributed by atoms with Crippen LogP contribution in [0, 0.1) is 7.14 Å².